The lowest BCUT2D eigenvalue weighted by molar-refractivity contribution is -0.0540. The molecule has 1 saturated heterocycles. The zero-order valence-corrected chi connectivity index (χ0v) is 14.9. The molecule has 0 spiro atoms. The van der Waals surface area contributed by atoms with E-state index in [0.717, 1.165) is 10.8 Å². The average molecular weight is 431 g/mol. The highest BCUT2D eigenvalue weighted by atomic mass is 31.3. The minimum absolute atomic E-state index is 0.102. The highest BCUT2D eigenvalue weighted by molar-refractivity contribution is 7.75. The first-order valence-corrected chi connectivity index (χ1v) is 10.0. The normalized spacial score (nSPS) is 29.8. The van der Waals surface area contributed by atoms with Crippen LogP contribution >= 0.6 is 15.4 Å². The fourth-order valence-corrected chi connectivity index (χ4v) is 4.00. The summed E-state index contributed by atoms with van der Waals surface area (Å²) < 4.78 is 36.6. The van der Waals surface area contributed by atoms with Gasteiger partial charge in [0, 0.05) is 6.20 Å². The number of aromatic nitrogens is 2. The number of nitrogens with zero attached hydrogens (tertiary/aromatic N) is 2. The number of phosphoric ester groups is 1. The Bertz CT molecular complexity index is 873. The Morgan fingerprint density at radius 2 is 1.96 bits per heavy atom. The third-order valence-electron chi connectivity index (χ3n) is 3.32. The van der Waals surface area contributed by atoms with Crippen LogP contribution in [0.3, 0.4) is 0 Å². The molecule has 27 heavy (non-hydrogen) atoms. The number of hydrogen-bond acceptors (Lipinski definition) is 11. The second kappa shape index (κ2) is 7.75. The van der Waals surface area contributed by atoms with E-state index < -0.39 is 58.0 Å². The molecule has 1 fully saturated rings. The predicted molar refractivity (Wildman–Crippen MR) is 83.5 cm³/mol. The van der Waals surface area contributed by atoms with Crippen LogP contribution in [-0.2, 0) is 22.7 Å². The summed E-state index contributed by atoms with van der Waals surface area (Å²) in [6.07, 6.45) is -5.19. The molecule has 1 aliphatic rings. The Morgan fingerprint density at radius 1 is 1.33 bits per heavy atom. The molecule has 1 aromatic heterocycles. The largest absolute Gasteiger partial charge is 0.479 e. The summed E-state index contributed by atoms with van der Waals surface area (Å²) in [7, 11) is -10.8. The molecule has 0 radical (unpaired) electrons. The monoisotopic (exact) mass is 431 g/mol. The second-order valence-electron chi connectivity index (χ2n) is 5.24. The fraction of sp³-hybridized carbons (Fsp3) is 0.500. The summed E-state index contributed by atoms with van der Waals surface area (Å²) in [5.74, 6) is -0.102. The van der Waals surface area contributed by atoms with E-state index in [0.29, 0.717) is 0 Å². The molecule has 17 heteroatoms. The summed E-state index contributed by atoms with van der Waals surface area (Å²) in [5, 5.41) is 28.3. The maximum absolute atomic E-state index is 11.8. The van der Waals surface area contributed by atoms with E-state index in [2.05, 4.69) is 13.8 Å². The molecule has 0 aliphatic carbocycles. The SMILES string of the molecule is Nc1ccn(C2OC(COP(=O)(O)OP(=O)(O)C(=O)O)C(O)C2O)c(=O)n1. The van der Waals surface area contributed by atoms with E-state index in [4.69, 9.17) is 20.5 Å². The Morgan fingerprint density at radius 3 is 2.52 bits per heavy atom. The molecule has 0 aromatic carbocycles. The van der Waals surface area contributed by atoms with Crippen molar-refractivity contribution in [2.75, 3.05) is 12.3 Å². The number of anilines is 1. The van der Waals surface area contributed by atoms with Crippen molar-refractivity contribution in [2.24, 2.45) is 0 Å². The van der Waals surface area contributed by atoms with Crippen molar-refractivity contribution >= 4 is 26.9 Å². The second-order valence-corrected chi connectivity index (χ2v) is 8.51. The maximum Gasteiger partial charge on any atom is 0.479 e. The molecular formula is C10H15N3O12P2. The third-order valence-corrected chi connectivity index (χ3v) is 5.99. The van der Waals surface area contributed by atoms with Gasteiger partial charge in [0.1, 0.15) is 24.1 Å². The van der Waals surface area contributed by atoms with Crippen LogP contribution < -0.4 is 11.4 Å². The number of phosphoric acid groups is 1. The maximum atomic E-state index is 11.8. The van der Waals surface area contributed by atoms with Gasteiger partial charge in [-0.15, -0.1) is 0 Å². The first kappa shape index (κ1) is 21.6. The first-order valence-electron chi connectivity index (χ1n) is 6.95. The number of nitrogen functional groups attached to an aromatic ring is 1. The number of ether oxygens (including phenoxy) is 1. The average Bonchev–Trinajstić information content (AvgIpc) is 2.80. The Balaban J connectivity index is 2.08. The minimum Gasteiger partial charge on any atom is -0.472 e. The van der Waals surface area contributed by atoms with Gasteiger partial charge < -0.3 is 35.6 Å². The van der Waals surface area contributed by atoms with Crippen LogP contribution in [0.2, 0.25) is 0 Å². The van der Waals surface area contributed by atoms with Gasteiger partial charge in [0.25, 0.3) is 0 Å². The van der Waals surface area contributed by atoms with Gasteiger partial charge in [-0.25, -0.2) is 18.7 Å². The summed E-state index contributed by atoms with van der Waals surface area (Å²) in [6.45, 7) is -0.959. The van der Waals surface area contributed by atoms with Crippen LogP contribution in [0.15, 0.2) is 17.1 Å². The Hall–Kier alpha value is -1.67. The quantitative estimate of drug-likeness (QED) is 0.268. The molecule has 1 aromatic rings. The van der Waals surface area contributed by atoms with Gasteiger partial charge in [0.2, 0.25) is 0 Å². The van der Waals surface area contributed by atoms with E-state index in [-0.39, 0.29) is 5.82 Å². The van der Waals surface area contributed by atoms with Crippen molar-refractivity contribution in [1.82, 2.24) is 9.55 Å². The minimum atomic E-state index is -5.49. The van der Waals surface area contributed by atoms with Crippen molar-refractivity contribution in [3.8, 4) is 0 Å². The molecule has 6 atom stereocenters. The molecule has 2 heterocycles. The van der Waals surface area contributed by atoms with Crippen molar-refractivity contribution in [2.45, 2.75) is 24.5 Å². The summed E-state index contributed by atoms with van der Waals surface area (Å²) in [4.78, 5) is 43.8. The van der Waals surface area contributed by atoms with E-state index in [1.54, 1.807) is 0 Å². The molecule has 15 nitrogen and oxygen atoms in total. The highest BCUT2D eigenvalue weighted by Crippen LogP contribution is 2.60. The van der Waals surface area contributed by atoms with Crippen molar-refractivity contribution in [1.29, 1.82) is 0 Å². The number of hydrogen-bond donors (Lipinski definition) is 6. The topological polar surface area (TPSA) is 241 Å². The van der Waals surface area contributed by atoms with Crippen molar-refractivity contribution in [3.63, 3.8) is 0 Å². The lowest BCUT2D eigenvalue weighted by atomic mass is 10.1. The van der Waals surface area contributed by atoms with Crippen LogP contribution in [0, 0.1) is 0 Å². The number of carbonyl (C=O) groups is 1. The zero-order chi connectivity index (χ0) is 20.6. The smallest absolute Gasteiger partial charge is 0.472 e. The van der Waals surface area contributed by atoms with Crippen molar-refractivity contribution < 1.29 is 52.6 Å². The molecule has 0 amide bonds. The van der Waals surface area contributed by atoms with Crippen molar-refractivity contribution in [3.05, 3.63) is 22.7 Å². The molecule has 0 saturated carbocycles. The summed E-state index contributed by atoms with van der Waals surface area (Å²) >= 11 is 0. The van der Waals surface area contributed by atoms with Gasteiger partial charge in [-0.05, 0) is 6.07 Å². The molecule has 1 aliphatic heterocycles. The van der Waals surface area contributed by atoms with E-state index in [9.17, 15) is 33.8 Å². The van der Waals surface area contributed by atoms with Crippen LogP contribution in [0.4, 0.5) is 10.6 Å². The van der Waals surface area contributed by atoms with Gasteiger partial charge >= 0.3 is 26.8 Å². The fourth-order valence-electron chi connectivity index (χ4n) is 2.08. The molecule has 2 rings (SSSR count). The molecule has 7 N–H and O–H groups in total. The predicted octanol–water partition coefficient (Wildman–Crippen LogP) is -1.56. The van der Waals surface area contributed by atoms with Gasteiger partial charge in [-0.1, -0.05) is 0 Å². The molecule has 0 bridgehead atoms. The number of rotatable bonds is 7. The molecule has 6 unspecified atom stereocenters. The Labute approximate surface area is 149 Å². The van der Waals surface area contributed by atoms with E-state index in [1.165, 1.54) is 6.07 Å². The molecular weight excluding hydrogens is 416 g/mol. The van der Waals surface area contributed by atoms with Gasteiger partial charge in [0.05, 0.1) is 6.61 Å². The number of aliphatic hydroxyl groups excluding tert-OH is 2. The third kappa shape index (κ3) is 4.99. The van der Waals surface area contributed by atoms with Crippen LogP contribution in [0.1, 0.15) is 6.23 Å². The lowest BCUT2D eigenvalue weighted by Crippen LogP contribution is -2.36. The van der Waals surface area contributed by atoms with E-state index >= 15 is 0 Å². The highest BCUT2D eigenvalue weighted by Gasteiger charge is 2.46. The Kier molecular flexibility index (Phi) is 6.21. The van der Waals surface area contributed by atoms with Gasteiger partial charge in [-0.3, -0.25) is 9.09 Å². The standard InChI is InChI=1S/C10H15N3O12P2/c11-5-1-2-13(9(16)12-5)8-7(15)6(14)4(24-8)3-23-27(21,22)25-26(19,20)10(17)18/h1-2,4,6-8,14-15H,3H2,(H,17,18)(H,19,20)(H,21,22)(H2,11,12,16). The van der Waals surface area contributed by atoms with Crippen LogP contribution in [-0.4, -0.2) is 65.3 Å². The number of aliphatic hydroxyl groups is 2. The van der Waals surface area contributed by atoms with Crippen LogP contribution in [0.25, 0.3) is 0 Å². The summed E-state index contributed by atoms with van der Waals surface area (Å²) in [5.41, 5.74) is 2.03. The first-order chi connectivity index (χ1) is 12.3. The number of nitrogens with two attached hydrogens (primary N) is 1. The lowest BCUT2D eigenvalue weighted by Gasteiger charge is -2.18. The van der Waals surface area contributed by atoms with Gasteiger partial charge in [-0.2, -0.15) is 9.29 Å². The molecule has 152 valence electrons. The van der Waals surface area contributed by atoms with Gasteiger partial charge in [0.15, 0.2) is 6.23 Å². The summed E-state index contributed by atoms with van der Waals surface area (Å²) in [6, 6.07) is 1.22. The zero-order valence-electron chi connectivity index (χ0n) is 13.1. The van der Waals surface area contributed by atoms with E-state index in [1.807, 2.05) is 0 Å². The number of carboxylic acid groups (broad SMARTS) is 1. The van der Waals surface area contributed by atoms with Crippen LogP contribution in [0.5, 0.6) is 0 Å².